The molecule has 0 aliphatic rings. The zero-order chi connectivity index (χ0) is 12.1. The number of aliphatic hydroxyl groups is 1. The Balaban J connectivity index is 2.10. The van der Waals surface area contributed by atoms with Crippen LogP contribution in [0.3, 0.4) is 0 Å². The van der Waals surface area contributed by atoms with Gasteiger partial charge in [0.25, 0.3) is 5.91 Å². The van der Waals surface area contributed by atoms with Crippen LogP contribution in [0.25, 0.3) is 10.6 Å². The number of hydrogen-bond acceptors (Lipinski definition) is 5. The topological polar surface area (TPSA) is 75.1 Å². The normalized spacial score (nSPS) is 10.2. The molecule has 0 spiro atoms. The zero-order valence-corrected chi connectivity index (χ0v) is 9.78. The largest absolute Gasteiger partial charge is 0.395 e. The molecule has 17 heavy (non-hydrogen) atoms. The number of aliphatic hydroxyl groups excluding tert-OH is 1. The lowest BCUT2D eigenvalue weighted by atomic mass is 10.2. The van der Waals surface area contributed by atoms with Crippen LogP contribution in [0.5, 0.6) is 0 Å². The Morgan fingerprint density at radius 3 is 2.88 bits per heavy atom. The summed E-state index contributed by atoms with van der Waals surface area (Å²) in [7, 11) is 0. The number of pyridine rings is 1. The van der Waals surface area contributed by atoms with Crippen molar-refractivity contribution >= 4 is 17.2 Å². The van der Waals surface area contributed by atoms with E-state index in [1.807, 2.05) is 0 Å². The molecule has 1 amide bonds. The Labute approximate surface area is 102 Å². The van der Waals surface area contributed by atoms with Crippen LogP contribution in [0.2, 0.25) is 0 Å². The standard InChI is InChI=1S/C11H11N3O2S/c15-4-3-13-11(16)8-1-2-9(14-5-8)10-6-12-7-17-10/h1-2,5-7,15H,3-4H2,(H,13,16). The first-order valence-electron chi connectivity index (χ1n) is 5.05. The molecule has 0 saturated carbocycles. The molecule has 2 N–H and O–H groups in total. The van der Waals surface area contributed by atoms with Gasteiger partial charge in [-0.3, -0.25) is 14.8 Å². The third kappa shape index (κ3) is 2.86. The Morgan fingerprint density at radius 2 is 2.29 bits per heavy atom. The molecule has 0 atom stereocenters. The van der Waals surface area contributed by atoms with Crippen LogP contribution in [0.15, 0.2) is 30.0 Å². The second-order valence-corrected chi connectivity index (χ2v) is 4.16. The van der Waals surface area contributed by atoms with Crippen molar-refractivity contribution in [2.24, 2.45) is 0 Å². The summed E-state index contributed by atoms with van der Waals surface area (Å²) >= 11 is 1.50. The van der Waals surface area contributed by atoms with Crippen molar-refractivity contribution in [2.45, 2.75) is 0 Å². The molecule has 0 bridgehead atoms. The van der Waals surface area contributed by atoms with E-state index in [-0.39, 0.29) is 19.1 Å². The third-order valence-corrected chi connectivity index (χ3v) is 2.90. The van der Waals surface area contributed by atoms with Crippen molar-refractivity contribution in [3.05, 3.63) is 35.6 Å². The molecule has 2 heterocycles. The number of hydrogen-bond donors (Lipinski definition) is 2. The lowest BCUT2D eigenvalue weighted by Gasteiger charge is -2.03. The molecule has 0 aromatic carbocycles. The molecule has 0 fully saturated rings. The predicted molar refractivity (Wildman–Crippen MR) is 64.8 cm³/mol. The van der Waals surface area contributed by atoms with E-state index in [2.05, 4.69) is 15.3 Å². The minimum Gasteiger partial charge on any atom is -0.395 e. The second-order valence-electron chi connectivity index (χ2n) is 3.28. The number of rotatable bonds is 4. The highest BCUT2D eigenvalue weighted by atomic mass is 32.1. The van der Waals surface area contributed by atoms with Gasteiger partial charge in [-0.25, -0.2) is 0 Å². The fraction of sp³-hybridized carbons (Fsp3) is 0.182. The summed E-state index contributed by atoms with van der Waals surface area (Å²) < 4.78 is 0. The fourth-order valence-corrected chi connectivity index (χ4v) is 1.89. The van der Waals surface area contributed by atoms with Crippen molar-refractivity contribution in [3.8, 4) is 10.6 Å². The van der Waals surface area contributed by atoms with Crippen molar-refractivity contribution in [1.29, 1.82) is 0 Å². The van der Waals surface area contributed by atoms with Crippen molar-refractivity contribution in [2.75, 3.05) is 13.2 Å². The maximum atomic E-state index is 11.5. The summed E-state index contributed by atoms with van der Waals surface area (Å²) in [5.74, 6) is -0.234. The average Bonchev–Trinajstić information content (AvgIpc) is 2.90. The molecular weight excluding hydrogens is 238 g/mol. The first-order chi connectivity index (χ1) is 8.31. The van der Waals surface area contributed by atoms with E-state index >= 15 is 0 Å². The van der Waals surface area contributed by atoms with E-state index in [9.17, 15) is 4.79 Å². The van der Waals surface area contributed by atoms with Crippen LogP contribution < -0.4 is 5.32 Å². The SMILES string of the molecule is O=C(NCCO)c1ccc(-c2cncs2)nc1. The van der Waals surface area contributed by atoms with Gasteiger partial charge in [0.1, 0.15) is 0 Å². The highest BCUT2D eigenvalue weighted by molar-refractivity contribution is 7.13. The van der Waals surface area contributed by atoms with Gasteiger partial charge in [-0.1, -0.05) is 0 Å². The average molecular weight is 249 g/mol. The van der Waals surface area contributed by atoms with Crippen molar-refractivity contribution in [1.82, 2.24) is 15.3 Å². The van der Waals surface area contributed by atoms with E-state index < -0.39 is 0 Å². The number of amides is 1. The molecule has 0 aliphatic carbocycles. The van der Waals surface area contributed by atoms with Crippen LogP contribution >= 0.6 is 11.3 Å². The van der Waals surface area contributed by atoms with E-state index in [1.165, 1.54) is 17.5 Å². The van der Waals surface area contributed by atoms with E-state index in [1.54, 1.807) is 23.8 Å². The summed E-state index contributed by atoms with van der Waals surface area (Å²) in [5, 5.41) is 11.2. The van der Waals surface area contributed by atoms with Crippen molar-refractivity contribution < 1.29 is 9.90 Å². The molecule has 0 radical (unpaired) electrons. The Morgan fingerprint density at radius 1 is 1.41 bits per heavy atom. The van der Waals surface area contributed by atoms with Gasteiger partial charge >= 0.3 is 0 Å². The van der Waals surface area contributed by atoms with Gasteiger partial charge in [0.2, 0.25) is 0 Å². The summed E-state index contributed by atoms with van der Waals surface area (Å²) in [6.07, 6.45) is 3.25. The second kappa shape index (κ2) is 5.51. The van der Waals surface area contributed by atoms with Crippen LogP contribution in [-0.2, 0) is 0 Å². The van der Waals surface area contributed by atoms with Gasteiger partial charge in [-0.05, 0) is 12.1 Å². The number of nitrogens with zero attached hydrogens (tertiary/aromatic N) is 2. The predicted octanol–water partition coefficient (Wildman–Crippen LogP) is 0.927. The van der Waals surface area contributed by atoms with Crippen LogP contribution in [0.1, 0.15) is 10.4 Å². The van der Waals surface area contributed by atoms with Crippen LogP contribution in [0, 0.1) is 0 Å². The molecule has 0 unspecified atom stereocenters. The monoisotopic (exact) mass is 249 g/mol. The van der Waals surface area contributed by atoms with Gasteiger partial charge in [0.05, 0.1) is 28.3 Å². The van der Waals surface area contributed by atoms with E-state index in [0.29, 0.717) is 5.56 Å². The van der Waals surface area contributed by atoms with Gasteiger partial charge in [0.15, 0.2) is 0 Å². The van der Waals surface area contributed by atoms with E-state index in [0.717, 1.165) is 10.6 Å². The zero-order valence-electron chi connectivity index (χ0n) is 8.96. The van der Waals surface area contributed by atoms with Gasteiger partial charge in [-0.2, -0.15) is 0 Å². The smallest absolute Gasteiger partial charge is 0.252 e. The lowest BCUT2D eigenvalue weighted by Crippen LogP contribution is -2.26. The molecule has 88 valence electrons. The highest BCUT2D eigenvalue weighted by Gasteiger charge is 2.06. The summed E-state index contributed by atoms with van der Waals surface area (Å²) in [6, 6.07) is 3.48. The number of carbonyl (C=O) groups is 1. The maximum absolute atomic E-state index is 11.5. The molecule has 5 nitrogen and oxygen atoms in total. The molecule has 2 rings (SSSR count). The molecule has 2 aromatic heterocycles. The van der Waals surface area contributed by atoms with Crippen molar-refractivity contribution in [3.63, 3.8) is 0 Å². The number of carbonyl (C=O) groups excluding carboxylic acids is 1. The Kier molecular flexibility index (Phi) is 3.79. The molecular formula is C11H11N3O2S. The molecule has 0 aliphatic heterocycles. The number of thiazole rings is 1. The number of aromatic nitrogens is 2. The van der Waals surface area contributed by atoms with Gasteiger partial charge < -0.3 is 10.4 Å². The summed E-state index contributed by atoms with van der Waals surface area (Å²) in [5.41, 5.74) is 3.01. The lowest BCUT2D eigenvalue weighted by molar-refractivity contribution is 0.0944. The Hall–Kier alpha value is -1.79. The third-order valence-electron chi connectivity index (χ3n) is 2.11. The van der Waals surface area contributed by atoms with E-state index in [4.69, 9.17) is 5.11 Å². The highest BCUT2D eigenvalue weighted by Crippen LogP contribution is 2.20. The fourth-order valence-electron chi connectivity index (χ4n) is 1.29. The summed E-state index contributed by atoms with van der Waals surface area (Å²) in [4.78, 5) is 20.7. The molecule has 2 aromatic rings. The molecule has 6 heteroatoms. The maximum Gasteiger partial charge on any atom is 0.252 e. The van der Waals surface area contributed by atoms with Gasteiger partial charge in [-0.15, -0.1) is 11.3 Å². The minimum atomic E-state index is -0.234. The molecule has 0 saturated heterocycles. The first kappa shape index (κ1) is 11.7. The van der Waals surface area contributed by atoms with Crippen LogP contribution in [0.4, 0.5) is 0 Å². The first-order valence-corrected chi connectivity index (χ1v) is 5.93. The number of nitrogens with one attached hydrogen (secondary N) is 1. The minimum absolute atomic E-state index is 0.0713. The Bertz CT molecular complexity index is 482. The summed E-state index contributed by atoms with van der Waals surface area (Å²) in [6.45, 7) is 0.174. The van der Waals surface area contributed by atoms with Gasteiger partial charge in [0, 0.05) is 18.9 Å². The quantitative estimate of drug-likeness (QED) is 0.845. The van der Waals surface area contributed by atoms with Crippen LogP contribution in [-0.4, -0.2) is 34.1 Å².